The molecule has 0 aromatic carbocycles. The molecule has 2 unspecified atom stereocenters. The zero-order valence-electron chi connectivity index (χ0n) is 8.06. The maximum absolute atomic E-state index is 5.69. The van der Waals surface area contributed by atoms with Crippen LogP contribution in [0.4, 0.5) is 0 Å². The largest absolute Gasteiger partial charge is 0.469 e. The topological polar surface area (TPSA) is 61.0 Å². The van der Waals surface area contributed by atoms with Crippen LogP contribution in [0, 0.1) is 11.8 Å². The molecule has 0 bridgehead atoms. The first kappa shape index (κ1) is 9.86. The van der Waals surface area contributed by atoms with Gasteiger partial charge in [0.25, 0.3) is 5.19 Å². The van der Waals surface area contributed by atoms with Crippen LogP contribution in [0.2, 0.25) is 0 Å². The molecule has 1 aromatic heterocycles. The van der Waals surface area contributed by atoms with E-state index in [0.29, 0.717) is 17.0 Å². The van der Waals surface area contributed by atoms with Crippen LogP contribution in [-0.2, 0) is 0 Å². The molecule has 14 heavy (non-hydrogen) atoms. The van der Waals surface area contributed by atoms with E-state index in [1.165, 1.54) is 37.1 Å². The molecule has 1 heterocycles. The van der Waals surface area contributed by atoms with Gasteiger partial charge in [-0.2, -0.15) is 9.36 Å². The number of hydrogen-bond acceptors (Lipinski definition) is 5. The van der Waals surface area contributed by atoms with Crippen molar-refractivity contribution in [2.75, 3.05) is 13.2 Å². The Morgan fingerprint density at radius 3 is 3.07 bits per heavy atom. The van der Waals surface area contributed by atoms with Crippen molar-refractivity contribution in [1.82, 2.24) is 9.36 Å². The van der Waals surface area contributed by atoms with E-state index in [1.807, 2.05) is 0 Å². The first-order chi connectivity index (χ1) is 6.90. The number of rotatable bonds is 4. The minimum absolute atomic E-state index is 0.615. The molecule has 2 atom stereocenters. The third-order valence-corrected chi connectivity index (χ3v) is 3.46. The van der Waals surface area contributed by atoms with E-state index >= 15 is 0 Å². The lowest BCUT2D eigenvalue weighted by atomic mass is 9.97. The fourth-order valence-electron chi connectivity index (χ4n) is 2.05. The van der Waals surface area contributed by atoms with Gasteiger partial charge in [0.05, 0.1) is 6.61 Å². The fourth-order valence-corrected chi connectivity index (χ4v) is 2.45. The van der Waals surface area contributed by atoms with Crippen LogP contribution in [0.25, 0.3) is 0 Å². The SMILES string of the molecule is NCC1CCCC1COc1ncns1. The van der Waals surface area contributed by atoms with Gasteiger partial charge < -0.3 is 10.5 Å². The van der Waals surface area contributed by atoms with Crippen molar-refractivity contribution in [3.8, 4) is 5.19 Å². The van der Waals surface area contributed by atoms with Crippen molar-refractivity contribution in [2.45, 2.75) is 19.3 Å². The number of nitrogens with two attached hydrogens (primary N) is 1. The van der Waals surface area contributed by atoms with Crippen LogP contribution in [-0.4, -0.2) is 22.5 Å². The van der Waals surface area contributed by atoms with Crippen molar-refractivity contribution in [3.63, 3.8) is 0 Å². The van der Waals surface area contributed by atoms with Gasteiger partial charge in [-0.15, -0.1) is 0 Å². The lowest BCUT2D eigenvalue weighted by Crippen LogP contribution is -2.23. The van der Waals surface area contributed by atoms with Crippen LogP contribution in [0.1, 0.15) is 19.3 Å². The van der Waals surface area contributed by atoms with E-state index in [1.54, 1.807) is 0 Å². The van der Waals surface area contributed by atoms with Crippen molar-refractivity contribution in [2.24, 2.45) is 17.6 Å². The zero-order chi connectivity index (χ0) is 9.80. The molecule has 0 radical (unpaired) electrons. The molecular weight excluding hydrogens is 198 g/mol. The highest BCUT2D eigenvalue weighted by Crippen LogP contribution is 2.31. The smallest absolute Gasteiger partial charge is 0.292 e. The van der Waals surface area contributed by atoms with Crippen molar-refractivity contribution >= 4 is 11.5 Å². The summed E-state index contributed by atoms with van der Waals surface area (Å²) in [6.07, 6.45) is 5.29. The third-order valence-electron chi connectivity index (χ3n) is 2.88. The Kier molecular flexibility index (Phi) is 3.31. The summed E-state index contributed by atoms with van der Waals surface area (Å²) in [6, 6.07) is 0. The second kappa shape index (κ2) is 4.70. The molecule has 0 amide bonds. The Morgan fingerprint density at radius 2 is 2.36 bits per heavy atom. The molecule has 1 aromatic rings. The predicted octanol–water partition coefficient (Wildman–Crippen LogP) is 1.29. The normalized spacial score (nSPS) is 26.6. The van der Waals surface area contributed by atoms with Gasteiger partial charge in [-0.1, -0.05) is 6.42 Å². The van der Waals surface area contributed by atoms with Gasteiger partial charge in [-0.25, -0.2) is 0 Å². The van der Waals surface area contributed by atoms with Crippen LogP contribution < -0.4 is 10.5 Å². The van der Waals surface area contributed by atoms with Crippen LogP contribution in [0.15, 0.2) is 6.33 Å². The highest BCUT2D eigenvalue weighted by atomic mass is 32.1. The summed E-state index contributed by atoms with van der Waals surface area (Å²) in [5.74, 6) is 1.26. The molecule has 0 saturated heterocycles. The van der Waals surface area contributed by atoms with Gasteiger partial charge in [0.2, 0.25) is 0 Å². The Balaban J connectivity index is 1.80. The maximum atomic E-state index is 5.69. The van der Waals surface area contributed by atoms with E-state index in [4.69, 9.17) is 10.5 Å². The van der Waals surface area contributed by atoms with Crippen molar-refractivity contribution in [3.05, 3.63) is 6.33 Å². The standard InChI is InChI=1S/C9H15N3OS/c10-4-7-2-1-3-8(7)5-13-9-11-6-12-14-9/h6-8H,1-5,10H2. The molecule has 1 aliphatic rings. The number of ether oxygens (including phenoxy) is 1. The van der Waals surface area contributed by atoms with E-state index in [9.17, 15) is 0 Å². The molecule has 0 aliphatic heterocycles. The highest BCUT2D eigenvalue weighted by Gasteiger charge is 2.26. The summed E-state index contributed by atoms with van der Waals surface area (Å²) >= 11 is 1.30. The first-order valence-electron chi connectivity index (χ1n) is 4.99. The lowest BCUT2D eigenvalue weighted by Gasteiger charge is -2.16. The van der Waals surface area contributed by atoms with Crippen LogP contribution >= 0.6 is 11.5 Å². The summed E-state index contributed by atoms with van der Waals surface area (Å²) in [6.45, 7) is 1.53. The van der Waals surface area contributed by atoms with Gasteiger partial charge in [-0.05, 0) is 31.2 Å². The summed E-state index contributed by atoms with van der Waals surface area (Å²) in [7, 11) is 0. The van der Waals surface area contributed by atoms with Crippen LogP contribution in [0.5, 0.6) is 5.19 Å². The van der Waals surface area contributed by atoms with E-state index in [-0.39, 0.29) is 0 Å². The Morgan fingerprint density at radius 1 is 1.50 bits per heavy atom. The summed E-state index contributed by atoms with van der Waals surface area (Å²) in [4.78, 5) is 3.98. The quantitative estimate of drug-likeness (QED) is 0.818. The van der Waals surface area contributed by atoms with Crippen molar-refractivity contribution in [1.29, 1.82) is 0 Å². The number of aromatic nitrogens is 2. The molecule has 4 nitrogen and oxygen atoms in total. The Hall–Kier alpha value is -0.680. The zero-order valence-corrected chi connectivity index (χ0v) is 8.87. The van der Waals surface area contributed by atoms with Gasteiger partial charge in [0.1, 0.15) is 6.33 Å². The molecule has 5 heteroatoms. The van der Waals surface area contributed by atoms with Gasteiger partial charge in [0.15, 0.2) is 0 Å². The molecule has 1 aliphatic carbocycles. The van der Waals surface area contributed by atoms with E-state index in [0.717, 1.165) is 13.2 Å². The molecular formula is C9H15N3OS. The Bertz CT molecular complexity index is 265. The molecule has 1 fully saturated rings. The highest BCUT2D eigenvalue weighted by molar-refractivity contribution is 7.07. The van der Waals surface area contributed by atoms with Gasteiger partial charge >= 0.3 is 0 Å². The fraction of sp³-hybridized carbons (Fsp3) is 0.778. The number of nitrogens with zero attached hydrogens (tertiary/aromatic N) is 2. The van der Waals surface area contributed by atoms with Gasteiger partial charge in [0, 0.05) is 11.5 Å². The summed E-state index contributed by atoms with van der Waals surface area (Å²) in [5, 5.41) is 0.674. The third kappa shape index (κ3) is 2.22. The maximum Gasteiger partial charge on any atom is 0.292 e. The van der Waals surface area contributed by atoms with Crippen molar-refractivity contribution < 1.29 is 4.74 Å². The summed E-state index contributed by atoms with van der Waals surface area (Å²) < 4.78 is 9.44. The lowest BCUT2D eigenvalue weighted by molar-refractivity contribution is 0.216. The first-order valence-corrected chi connectivity index (χ1v) is 5.77. The average Bonchev–Trinajstić information content (AvgIpc) is 2.85. The monoisotopic (exact) mass is 213 g/mol. The average molecular weight is 213 g/mol. The molecule has 1 saturated carbocycles. The van der Waals surface area contributed by atoms with Crippen LogP contribution in [0.3, 0.4) is 0 Å². The molecule has 2 N–H and O–H groups in total. The van der Waals surface area contributed by atoms with E-state index in [2.05, 4.69) is 9.36 Å². The molecule has 78 valence electrons. The molecule has 0 spiro atoms. The minimum Gasteiger partial charge on any atom is -0.469 e. The van der Waals surface area contributed by atoms with Gasteiger partial charge in [-0.3, -0.25) is 0 Å². The molecule has 2 rings (SSSR count). The Labute approximate surface area is 87.7 Å². The minimum atomic E-state index is 0.615. The number of hydrogen-bond donors (Lipinski definition) is 1. The summed E-state index contributed by atoms with van der Waals surface area (Å²) in [5.41, 5.74) is 5.69. The predicted molar refractivity (Wildman–Crippen MR) is 55.3 cm³/mol. The second-order valence-electron chi connectivity index (χ2n) is 3.70. The van der Waals surface area contributed by atoms with E-state index < -0.39 is 0 Å². The second-order valence-corrected chi connectivity index (χ2v) is 4.45.